The third kappa shape index (κ3) is 7.71. The number of carbonyl (C=O) groups excluding carboxylic acids is 1. The number of hydrogen-bond acceptors (Lipinski definition) is 4. The van der Waals surface area contributed by atoms with Gasteiger partial charge in [-0.2, -0.15) is 0 Å². The van der Waals surface area contributed by atoms with Gasteiger partial charge in [0, 0.05) is 17.7 Å². The number of rotatable bonds is 12. The Kier molecular flexibility index (Phi) is 9.21. The number of amides is 1. The Morgan fingerprint density at radius 3 is 2.44 bits per heavy atom. The molecule has 2 aromatic rings. The topological polar surface area (TPSA) is 70.6 Å². The summed E-state index contributed by atoms with van der Waals surface area (Å²) in [4.78, 5) is 12.1. The van der Waals surface area contributed by atoms with Crippen LogP contribution in [0.4, 0.5) is 0 Å². The molecule has 0 saturated carbocycles. The van der Waals surface area contributed by atoms with Gasteiger partial charge in [0.2, 0.25) is 0 Å². The number of aromatic hydroxyl groups is 1. The fourth-order valence-corrected chi connectivity index (χ4v) is 2.76. The Morgan fingerprint density at radius 1 is 0.963 bits per heavy atom. The Bertz CT molecular complexity index is 686. The summed E-state index contributed by atoms with van der Waals surface area (Å²) < 4.78 is 5.92. The first-order valence-corrected chi connectivity index (χ1v) is 9.73. The van der Waals surface area contributed by atoms with Gasteiger partial charge in [-0.15, -0.1) is 0 Å². The van der Waals surface area contributed by atoms with E-state index in [1.54, 1.807) is 12.1 Å². The standard InChI is InChI=1S/C22H30N2O3/c1-2-3-4-5-6-9-16-27-21-11-8-7-10-19(21)17-23-24-22(26)18-12-14-20(25)15-13-18/h7-8,10-15,23,25H,2-6,9,16-17H2,1H3,(H,24,26). The van der Waals surface area contributed by atoms with Crippen LogP contribution in [0.15, 0.2) is 48.5 Å². The van der Waals surface area contributed by atoms with E-state index >= 15 is 0 Å². The first-order valence-electron chi connectivity index (χ1n) is 9.73. The van der Waals surface area contributed by atoms with E-state index in [2.05, 4.69) is 17.8 Å². The van der Waals surface area contributed by atoms with Crippen LogP contribution >= 0.6 is 0 Å². The minimum absolute atomic E-state index is 0.135. The molecule has 5 heteroatoms. The number of hydrazine groups is 1. The number of ether oxygens (including phenoxy) is 1. The Balaban J connectivity index is 1.73. The van der Waals surface area contributed by atoms with Crippen LogP contribution in [0.1, 0.15) is 61.4 Å². The predicted octanol–water partition coefficient (Wildman–Crippen LogP) is 4.57. The van der Waals surface area contributed by atoms with Gasteiger partial charge >= 0.3 is 0 Å². The van der Waals surface area contributed by atoms with Gasteiger partial charge in [-0.3, -0.25) is 10.2 Å². The van der Waals surface area contributed by atoms with Gasteiger partial charge in [0.25, 0.3) is 5.91 Å². The first kappa shape index (κ1) is 20.8. The van der Waals surface area contributed by atoms with Crippen LogP contribution in [0, 0.1) is 0 Å². The Labute approximate surface area is 161 Å². The van der Waals surface area contributed by atoms with Crippen LogP contribution in [-0.2, 0) is 6.54 Å². The van der Waals surface area contributed by atoms with Gasteiger partial charge in [0.15, 0.2) is 0 Å². The largest absolute Gasteiger partial charge is 0.508 e. The smallest absolute Gasteiger partial charge is 0.265 e. The maximum Gasteiger partial charge on any atom is 0.265 e. The molecule has 0 aliphatic rings. The third-order valence-corrected chi connectivity index (χ3v) is 4.34. The number of phenolic OH excluding ortho intramolecular Hbond substituents is 1. The first-order chi connectivity index (χ1) is 13.2. The summed E-state index contributed by atoms with van der Waals surface area (Å²) in [5, 5.41) is 9.28. The average Bonchev–Trinajstić information content (AvgIpc) is 2.69. The molecule has 27 heavy (non-hydrogen) atoms. The highest BCUT2D eigenvalue weighted by atomic mass is 16.5. The van der Waals surface area contributed by atoms with E-state index in [1.807, 2.05) is 24.3 Å². The summed E-state index contributed by atoms with van der Waals surface area (Å²) in [6.07, 6.45) is 7.40. The highest BCUT2D eigenvalue weighted by molar-refractivity contribution is 5.93. The minimum Gasteiger partial charge on any atom is -0.508 e. The molecule has 0 bridgehead atoms. The molecule has 146 valence electrons. The van der Waals surface area contributed by atoms with Crippen molar-refractivity contribution in [1.82, 2.24) is 10.9 Å². The maximum atomic E-state index is 12.1. The lowest BCUT2D eigenvalue weighted by atomic mass is 10.1. The molecule has 0 atom stereocenters. The van der Waals surface area contributed by atoms with Crippen molar-refractivity contribution >= 4 is 5.91 Å². The van der Waals surface area contributed by atoms with Crippen LogP contribution in [0.5, 0.6) is 11.5 Å². The molecule has 0 aliphatic heterocycles. The monoisotopic (exact) mass is 370 g/mol. The molecule has 1 amide bonds. The number of hydrogen-bond donors (Lipinski definition) is 3. The van der Waals surface area contributed by atoms with E-state index in [0.29, 0.717) is 18.7 Å². The fraction of sp³-hybridized carbons (Fsp3) is 0.409. The summed E-state index contributed by atoms with van der Waals surface area (Å²) in [5.41, 5.74) is 7.08. The number of benzene rings is 2. The van der Waals surface area contributed by atoms with E-state index in [1.165, 1.54) is 44.2 Å². The normalized spacial score (nSPS) is 10.6. The molecule has 2 aromatic carbocycles. The zero-order valence-electron chi connectivity index (χ0n) is 16.0. The maximum absolute atomic E-state index is 12.1. The SMILES string of the molecule is CCCCCCCCOc1ccccc1CNNC(=O)c1ccc(O)cc1. The molecule has 0 aromatic heterocycles. The molecule has 0 radical (unpaired) electrons. The van der Waals surface area contributed by atoms with Gasteiger partial charge in [-0.05, 0) is 36.8 Å². The van der Waals surface area contributed by atoms with E-state index in [0.717, 1.165) is 17.7 Å². The zero-order chi connectivity index (χ0) is 19.3. The van der Waals surface area contributed by atoms with Crippen LogP contribution in [0.2, 0.25) is 0 Å². The van der Waals surface area contributed by atoms with Crippen LogP contribution in [0.25, 0.3) is 0 Å². The second kappa shape index (κ2) is 12.0. The van der Waals surface area contributed by atoms with Gasteiger partial charge < -0.3 is 9.84 Å². The lowest BCUT2D eigenvalue weighted by Gasteiger charge is -2.13. The average molecular weight is 370 g/mol. The Hall–Kier alpha value is -2.53. The van der Waals surface area contributed by atoms with Gasteiger partial charge in [-0.1, -0.05) is 57.2 Å². The van der Waals surface area contributed by atoms with Crippen LogP contribution in [0.3, 0.4) is 0 Å². The quantitative estimate of drug-likeness (QED) is 0.378. The molecule has 0 heterocycles. The van der Waals surface area contributed by atoms with Crippen molar-refractivity contribution in [2.24, 2.45) is 0 Å². The van der Waals surface area contributed by atoms with E-state index < -0.39 is 0 Å². The summed E-state index contributed by atoms with van der Waals surface area (Å²) >= 11 is 0. The predicted molar refractivity (Wildman–Crippen MR) is 108 cm³/mol. The zero-order valence-corrected chi connectivity index (χ0v) is 16.0. The lowest BCUT2D eigenvalue weighted by molar-refractivity contribution is 0.0932. The molecule has 0 fully saturated rings. The minimum atomic E-state index is -0.250. The molecule has 0 saturated heterocycles. The lowest BCUT2D eigenvalue weighted by Crippen LogP contribution is -2.36. The molecule has 2 rings (SSSR count). The third-order valence-electron chi connectivity index (χ3n) is 4.34. The number of unbranched alkanes of at least 4 members (excludes halogenated alkanes) is 5. The number of carbonyl (C=O) groups is 1. The van der Waals surface area contributed by atoms with Crippen molar-refractivity contribution in [3.8, 4) is 11.5 Å². The van der Waals surface area contributed by atoms with Crippen molar-refractivity contribution in [3.05, 3.63) is 59.7 Å². The van der Waals surface area contributed by atoms with Gasteiger partial charge in [0.1, 0.15) is 11.5 Å². The van der Waals surface area contributed by atoms with E-state index in [-0.39, 0.29) is 11.7 Å². The summed E-state index contributed by atoms with van der Waals surface area (Å²) in [6, 6.07) is 14.0. The van der Waals surface area contributed by atoms with Crippen molar-refractivity contribution in [2.45, 2.75) is 52.0 Å². The molecule has 0 aliphatic carbocycles. The van der Waals surface area contributed by atoms with Crippen LogP contribution < -0.4 is 15.6 Å². The molecule has 3 N–H and O–H groups in total. The molecule has 5 nitrogen and oxygen atoms in total. The van der Waals surface area contributed by atoms with Crippen molar-refractivity contribution in [2.75, 3.05) is 6.61 Å². The molecule has 0 spiro atoms. The summed E-state index contributed by atoms with van der Waals surface area (Å²) in [5.74, 6) is 0.730. The molecular formula is C22H30N2O3. The summed E-state index contributed by atoms with van der Waals surface area (Å²) in [7, 11) is 0. The summed E-state index contributed by atoms with van der Waals surface area (Å²) in [6.45, 7) is 3.40. The second-order valence-electron chi connectivity index (χ2n) is 6.58. The van der Waals surface area contributed by atoms with Crippen molar-refractivity contribution < 1.29 is 14.6 Å². The van der Waals surface area contributed by atoms with Gasteiger partial charge in [-0.25, -0.2) is 5.43 Å². The highest BCUT2D eigenvalue weighted by Crippen LogP contribution is 2.18. The highest BCUT2D eigenvalue weighted by Gasteiger charge is 2.06. The number of para-hydroxylation sites is 1. The second-order valence-corrected chi connectivity index (χ2v) is 6.58. The Morgan fingerprint density at radius 2 is 1.67 bits per heavy atom. The molecular weight excluding hydrogens is 340 g/mol. The number of phenols is 1. The van der Waals surface area contributed by atoms with Crippen molar-refractivity contribution in [3.63, 3.8) is 0 Å². The van der Waals surface area contributed by atoms with E-state index in [9.17, 15) is 9.90 Å². The van der Waals surface area contributed by atoms with Gasteiger partial charge in [0.05, 0.1) is 6.61 Å². The fourth-order valence-electron chi connectivity index (χ4n) is 2.76. The molecule has 0 unspecified atom stereocenters. The number of nitrogens with one attached hydrogen (secondary N) is 2. The van der Waals surface area contributed by atoms with Crippen molar-refractivity contribution in [1.29, 1.82) is 0 Å². The van der Waals surface area contributed by atoms with Crippen LogP contribution in [-0.4, -0.2) is 17.6 Å². The van der Waals surface area contributed by atoms with E-state index in [4.69, 9.17) is 4.74 Å².